The minimum Gasteiger partial charge on any atom is -0.456 e. The van der Waals surface area contributed by atoms with Gasteiger partial charge in [-0.05, 0) is 36.5 Å². The number of nitrogens with one attached hydrogen (secondary N) is 1. The van der Waals surface area contributed by atoms with Crippen LogP contribution in [0.25, 0.3) is 0 Å². The third-order valence-corrected chi connectivity index (χ3v) is 5.39. The molecule has 1 atom stereocenters. The van der Waals surface area contributed by atoms with Gasteiger partial charge in [0.25, 0.3) is 11.7 Å². The van der Waals surface area contributed by atoms with Crippen molar-refractivity contribution < 1.29 is 23.8 Å². The van der Waals surface area contributed by atoms with Crippen molar-refractivity contribution in [1.82, 2.24) is 0 Å². The lowest BCUT2D eigenvalue weighted by atomic mass is 9.98. The molecule has 2 aliphatic rings. The average molecular weight is 395 g/mol. The summed E-state index contributed by atoms with van der Waals surface area (Å²) in [5.74, 6) is 0.0503. The number of esters is 1. The van der Waals surface area contributed by atoms with Gasteiger partial charge in [-0.1, -0.05) is 37.3 Å². The Balaban J connectivity index is 1.26. The maximum Gasteiger partial charge on any atom is 0.306 e. The molecule has 1 fully saturated rings. The van der Waals surface area contributed by atoms with E-state index in [2.05, 4.69) is 5.32 Å². The van der Waals surface area contributed by atoms with Crippen molar-refractivity contribution >= 4 is 17.6 Å². The number of benzene rings is 2. The largest absolute Gasteiger partial charge is 0.456 e. The monoisotopic (exact) mass is 395 g/mol. The van der Waals surface area contributed by atoms with E-state index in [0.29, 0.717) is 17.2 Å². The molecular formula is C23H25NO5. The second kappa shape index (κ2) is 8.15. The van der Waals surface area contributed by atoms with Gasteiger partial charge in [-0.25, -0.2) is 0 Å². The van der Waals surface area contributed by atoms with Gasteiger partial charge in [0.15, 0.2) is 18.1 Å². The fourth-order valence-electron chi connectivity index (χ4n) is 3.84. The summed E-state index contributed by atoms with van der Waals surface area (Å²) in [6.07, 6.45) is 4.16. The van der Waals surface area contributed by atoms with Crippen LogP contribution >= 0.6 is 0 Å². The number of anilines is 1. The number of carbonyl (C=O) groups excluding carboxylic acids is 2. The van der Waals surface area contributed by atoms with Crippen molar-refractivity contribution in [3.63, 3.8) is 0 Å². The van der Waals surface area contributed by atoms with Gasteiger partial charge in [0.05, 0.1) is 6.42 Å². The van der Waals surface area contributed by atoms with E-state index >= 15 is 0 Å². The Morgan fingerprint density at radius 3 is 2.55 bits per heavy atom. The quantitative estimate of drug-likeness (QED) is 0.734. The molecule has 1 saturated carbocycles. The molecule has 6 nitrogen and oxygen atoms in total. The zero-order valence-corrected chi connectivity index (χ0v) is 16.5. The SMILES string of the molecule is C[C@H](CC(=O)OCC(=O)Nc1ccc2c(c1)OC1(CCCC1)O2)c1ccccc1. The fraction of sp³-hybridized carbons (Fsp3) is 0.391. The number of rotatable bonds is 6. The number of hydrogen-bond acceptors (Lipinski definition) is 5. The highest BCUT2D eigenvalue weighted by Crippen LogP contribution is 2.47. The lowest BCUT2D eigenvalue weighted by Gasteiger charge is -2.21. The van der Waals surface area contributed by atoms with Crippen LogP contribution in [0.15, 0.2) is 48.5 Å². The molecule has 1 aliphatic heterocycles. The van der Waals surface area contributed by atoms with Crippen LogP contribution in [-0.4, -0.2) is 24.3 Å². The van der Waals surface area contributed by atoms with Gasteiger partial charge < -0.3 is 19.5 Å². The Labute approximate surface area is 170 Å². The first kappa shape index (κ1) is 19.3. The van der Waals surface area contributed by atoms with Crippen LogP contribution in [0, 0.1) is 0 Å². The summed E-state index contributed by atoms with van der Waals surface area (Å²) in [7, 11) is 0. The first-order valence-corrected chi connectivity index (χ1v) is 10.1. The summed E-state index contributed by atoms with van der Waals surface area (Å²) < 4.78 is 17.1. The average Bonchev–Trinajstić information content (AvgIpc) is 3.32. The number of ether oxygens (including phenoxy) is 3. The third-order valence-electron chi connectivity index (χ3n) is 5.39. The van der Waals surface area contributed by atoms with Crippen LogP contribution in [0.3, 0.4) is 0 Å². The van der Waals surface area contributed by atoms with Gasteiger partial charge in [0.2, 0.25) is 0 Å². The molecule has 2 aromatic rings. The molecule has 4 rings (SSSR count). The van der Waals surface area contributed by atoms with Crippen molar-refractivity contribution in [3.05, 3.63) is 54.1 Å². The Bertz CT molecular complexity index is 889. The Morgan fingerprint density at radius 1 is 1.07 bits per heavy atom. The molecule has 0 saturated heterocycles. The maximum atomic E-state index is 12.2. The summed E-state index contributed by atoms with van der Waals surface area (Å²) in [6.45, 7) is 1.64. The van der Waals surface area contributed by atoms with Crippen LogP contribution in [0.2, 0.25) is 0 Å². The summed E-state index contributed by atoms with van der Waals surface area (Å²) in [4.78, 5) is 24.2. The van der Waals surface area contributed by atoms with E-state index in [0.717, 1.165) is 31.2 Å². The Morgan fingerprint density at radius 2 is 1.79 bits per heavy atom. The molecule has 0 unspecified atom stereocenters. The molecule has 1 spiro atoms. The van der Waals surface area contributed by atoms with Crippen LogP contribution in [0.4, 0.5) is 5.69 Å². The van der Waals surface area contributed by atoms with Gasteiger partial charge in [-0.3, -0.25) is 9.59 Å². The zero-order chi connectivity index (χ0) is 20.3. The van der Waals surface area contributed by atoms with Crippen LogP contribution in [0.5, 0.6) is 11.5 Å². The summed E-state index contributed by atoms with van der Waals surface area (Å²) in [5, 5.41) is 2.74. The first-order valence-electron chi connectivity index (χ1n) is 10.1. The Kier molecular flexibility index (Phi) is 5.43. The summed E-state index contributed by atoms with van der Waals surface area (Å²) in [5.41, 5.74) is 1.65. The molecule has 6 heteroatoms. The highest BCUT2D eigenvalue weighted by atomic mass is 16.7. The van der Waals surface area contributed by atoms with Gasteiger partial charge in [0, 0.05) is 24.6 Å². The molecule has 0 aromatic heterocycles. The van der Waals surface area contributed by atoms with E-state index in [-0.39, 0.29) is 24.9 Å². The standard InChI is InChI=1S/C23H25NO5/c1-16(17-7-3-2-4-8-17)13-22(26)27-15-21(25)24-18-9-10-19-20(14-18)29-23(28-19)11-5-6-12-23/h2-4,7-10,14,16H,5-6,11-13,15H2,1H3,(H,24,25)/t16-/m1/s1. The summed E-state index contributed by atoms with van der Waals surface area (Å²) >= 11 is 0. The molecule has 152 valence electrons. The Hall–Kier alpha value is -3.02. The molecule has 0 radical (unpaired) electrons. The molecule has 1 aliphatic carbocycles. The molecule has 29 heavy (non-hydrogen) atoms. The number of carbonyl (C=O) groups is 2. The lowest BCUT2D eigenvalue weighted by molar-refractivity contribution is -0.147. The number of hydrogen-bond donors (Lipinski definition) is 1. The van der Waals surface area contributed by atoms with E-state index in [4.69, 9.17) is 14.2 Å². The van der Waals surface area contributed by atoms with E-state index in [1.807, 2.05) is 37.3 Å². The zero-order valence-electron chi connectivity index (χ0n) is 16.5. The molecular weight excluding hydrogens is 370 g/mol. The number of fused-ring (bicyclic) bond motifs is 1. The van der Waals surface area contributed by atoms with Gasteiger partial charge in [-0.15, -0.1) is 0 Å². The number of amides is 1. The van der Waals surface area contributed by atoms with Gasteiger partial charge >= 0.3 is 5.97 Å². The van der Waals surface area contributed by atoms with Gasteiger partial charge in [-0.2, -0.15) is 0 Å². The highest BCUT2D eigenvalue weighted by molar-refractivity contribution is 5.93. The van der Waals surface area contributed by atoms with E-state index in [1.165, 1.54) is 0 Å². The highest BCUT2D eigenvalue weighted by Gasteiger charge is 2.44. The van der Waals surface area contributed by atoms with Crippen molar-refractivity contribution in [2.75, 3.05) is 11.9 Å². The molecule has 1 heterocycles. The van der Waals surface area contributed by atoms with Gasteiger partial charge in [0.1, 0.15) is 0 Å². The molecule has 1 N–H and O–H groups in total. The first-order chi connectivity index (χ1) is 14.0. The van der Waals surface area contributed by atoms with Crippen LogP contribution in [0.1, 0.15) is 50.5 Å². The molecule has 2 aromatic carbocycles. The molecule has 1 amide bonds. The second-order valence-electron chi connectivity index (χ2n) is 7.71. The maximum absolute atomic E-state index is 12.2. The predicted molar refractivity (Wildman–Crippen MR) is 108 cm³/mol. The van der Waals surface area contributed by atoms with E-state index < -0.39 is 11.8 Å². The van der Waals surface area contributed by atoms with Crippen LogP contribution in [-0.2, 0) is 14.3 Å². The van der Waals surface area contributed by atoms with Crippen molar-refractivity contribution in [1.29, 1.82) is 0 Å². The minimum absolute atomic E-state index is 0.0310. The van der Waals surface area contributed by atoms with Crippen molar-refractivity contribution in [2.24, 2.45) is 0 Å². The predicted octanol–water partition coefficient (Wildman–Crippen LogP) is 4.40. The van der Waals surface area contributed by atoms with E-state index in [1.54, 1.807) is 18.2 Å². The van der Waals surface area contributed by atoms with E-state index in [9.17, 15) is 9.59 Å². The smallest absolute Gasteiger partial charge is 0.306 e. The van der Waals surface area contributed by atoms with Crippen LogP contribution < -0.4 is 14.8 Å². The second-order valence-corrected chi connectivity index (χ2v) is 7.71. The topological polar surface area (TPSA) is 73.9 Å². The minimum atomic E-state index is -0.532. The summed E-state index contributed by atoms with van der Waals surface area (Å²) in [6, 6.07) is 15.1. The normalized spacial score (nSPS) is 17.1. The fourth-order valence-corrected chi connectivity index (χ4v) is 3.84. The third kappa shape index (κ3) is 4.53. The van der Waals surface area contributed by atoms with Crippen molar-refractivity contribution in [3.8, 4) is 11.5 Å². The van der Waals surface area contributed by atoms with Crippen molar-refractivity contribution in [2.45, 2.75) is 50.7 Å². The molecule has 0 bridgehead atoms. The lowest BCUT2D eigenvalue weighted by Crippen LogP contribution is -2.34.